The van der Waals surface area contributed by atoms with Crippen molar-refractivity contribution in [1.29, 1.82) is 0 Å². The first kappa shape index (κ1) is 13.2. The van der Waals surface area contributed by atoms with Crippen molar-refractivity contribution in [3.8, 4) is 0 Å². The standard InChI is InChI=1S/C13H16O5/c14-7-10-12(16)11(15)9(13(17)18-10)6-8-4-2-1-3-5-8/h1-6,10-17H,7H2/t10-,11-,12-,13?/m1/s1. The Bertz CT molecular complexity index is 417. The number of ether oxygens (including phenoxy) is 1. The second-order valence-corrected chi connectivity index (χ2v) is 4.20. The zero-order valence-corrected chi connectivity index (χ0v) is 9.68. The molecule has 1 aliphatic rings. The molecule has 0 aliphatic carbocycles. The number of benzene rings is 1. The third-order valence-electron chi connectivity index (χ3n) is 2.95. The van der Waals surface area contributed by atoms with Crippen LogP contribution >= 0.6 is 0 Å². The highest BCUT2D eigenvalue weighted by Gasteiger charge is 2.39. The molecule has 0 saturated carbocycles. The lowest BCUT2D eigenvalue weighted by Crippen LogP contribution is -2.51. The molecule has 4 N–H and O–H groups in total. The van der Waals surface area contributed by atoms with Crippen LogP contribution < -0.4 is 0 Å². The van der Waals surface area contributed by atoms with E-state index in [-0.39, 0.29) is 5.57 Å². The van der Waals surface area contributed by atoms with E-state index in [9.17, 15) is 15.3 Å². The molecule has 1 fully saturated rings. The van der Waals surface area contributed by atoms with Gasteiger partial charge in [0.2, 0.25) is 0 Å². The van der Waals surface area contributed by atoms with Gasteiger partial charge in [0.25, 0.3) is 0 Å². The van der Waals surface area contributed by atoms with Gasteiger partial charge in [0.15, 0.2) is 6.29 Å². The van der Waals surface area contributed by atoms with Crippen molar-refractivity contribution < 1.29 is 25.2 Å². The summed E-state index contributed by atoms with van der Waals surface area (Å²) in [6.45, 7) is -0.464. The number of hydrogen-bond donors (Lipinski definition) is 4. The van der Waals surface area contributed by atoms with Crippen molar-refractivity contribution in [3.05, 3.63) is 41.5 Å². The average molecular weight is 252 g/mol. The average Bonchev–Trinajstić information content (AvgIpc) is 2.40. The minimum atomic E-state index is -1.33. The fourth-order valence-electron chi connectivity index (χ4n) is 1.92. The first-order valence-corrected chi connectivity index (χ1v) is 5.70. The maximum absolute atomic E-state index is 9.90. The summed E-state index contributed by atoms with van der Waals surface area (Å²) in [6, 6.07) is 9.10. The largest absolute Gasteiger partial charge is 0.394 e. The molecule has 2 rings (SSSR count). The minimum absolute atomic E-state index is 0.179. The Hall–Kier alpha value is -1.24. The Morgan fingerprint density at radius 1 is 1.11 bits per heavy atom. The van der Waals surface area contributed by atoms with E-state index in [0.717, 1.165) is 5.56 Å². The Balaban J connectivity index is 2.25. The zero-order valence-electron chi connectivity index (χ0n) is 9.68. The molecule has 0 amide bonds. The number of aliphatic hydroxyl groups is 4. The van der Waals surface area contributed by atoms with Gasteiger partial charge in [0, 0.05) is 5.57 Å². The summed E-state index contributed by atoms with van der Waals surface area (Å²) >= 11 is 0. The van der Waals surface area contributed by atoms with Crippen molar-refractivity contribution in [2.45, 2.75) is 24.6 Å². The van der Waals surface area contributed by atoms with Gasteiger partial charge in [-0.15, -0.1) is 0 Å². The van der Waals surface area contributed by atoms with Crippen LogP contribution in [0, 0.1) is 0 Å². The number of aliphatic hydroxyl groups excluding tert-OH is 4. The molecule has 0 radical (unpaired) electrons. The van der Waals surface area contributed by atoms with Crippen LogP contribution in [0.15, 0.2) is 35.9 Å². The number of hydrogen-bond acceptors (Lipinski definition) is 5. The van der Waals surface area contributed by atoms with E-state index in [1.165, 1.54) is 0 Å². The highest BCUT2D eigenvalue weighted by molar-refractivity contribution is 5.55. The second-order valence-electron chi connectivity index (χ2n) is 4.20. The molecule has 1 saturated heterocycles. The molecule has 0 bridgehead atoms. The maximum atomic E-state index is 9.90. The van der Waals surface area contributed by atoms with Gasteiger partial charge < -0.3 is 25.2 Å². The highest BCUT2D eigenvalue weighted by atomic mass is 16.6. The minimum Gasteiger partial charge on any atom is -0.394 e. The van der Waals surface area contributed by atoms with Crippen LogP contribution in [0.5, 0.6) is 0 Å². The Kier molecular flexibility index (Phi) is 4.11. The molecular formula is C13H16O5. The summed E-state index contributed by atoms with van der Waals surface area (Å²) in [5.41, 5.74) is 0.960. The predicted octanol–water partition coefficient (Wildman–Crippen LogP) is -0.499. The van der Waals surface area contributed by atoms with E-state index >= 15 is 0 Å². The van der Waals surface area contributed by atoms with E-state index in [1.807, 2.05) is 18.2 Å². The molecule has 5 nitrogen and oxygen atoms in total. The molecule has 4 atom stereocenters. The molecule has 0 aromatic heterocycles. The van der Waals surface area contributed by atoms with Crippen molar-refractivity contribution in [1.82, 2.24) is 0 Å². The van der Waals surface area contributed by atoms with Crippen LogP contribution in [0.4, 0.5) is 0 Å². The van der Waals surface area contributed by atoms with Crippen LogP contribution in [0.25, 0.3) is 6.08 Å². The third kappa shape index (κ3) is 2.60. The van der Waals surface area contributed by atoms with Crippen LogP contribution in [-0.4, -0.2) is 51.6 Å². The predicted molar refractivity (Wildman–Crippen MR) is 64.4 cm³/mol. The fourth-order valence-corrected chi connectivity index (χ4v) is 1.92. The van der Waals surface area contributed by atoms with E-state index < -0.39 is 31.2 Å². The quantitative estimate of drug-likeness (QED) is 0.570. The fraction of sp³-hybridized carbons (Fsp3) is 0.385. The summed E-state index contributed by atoms with van der Waals surface area (Å²) < 4.78 is 5.03. The molecule has 98 valence electrons. The molecule has 1 aliphatic heterocycles. The topological polar surface area (TPSA) is 90.2 Å². The second kappa shape index (κ2) is 5.60. The molecule has 1 aromatic carbocycles. The summed E-state index contributed by atoms with van der Waals surface area (Å²) in [6.07, 6.45) is -3.27. The molecule has 1 unspecified atom stereocenters. The van der Waals surface area contributed by atoms with E-state index in [1.54, 1.807) is 18.2 Å². The summed E-state index contributed by atoms with van der Waals surface area (Å²) in [5.74, 6) is 0. The molecule has 5 heteroatoms. The molecule has 1 heterocycles. The van der Waals surface area contributed by atoms with Gasteiger partial charge in [-0.2, -0.15) is 0 Å². The lowest BCUT2D eigenvalue weighted by molar-refractivity contribution is -0.206. The van der Waals surface area contributed by atoms with E-state index in [4.69, 9.17) is 9.84 Å². The smallest absolute Gasteiger partial charge is 0.180 e. The van der Waals surface area contributed by atoms with Crippen LogP contribution in [0.1, 0.15) is 5.56 Å². The highest BCUT2D eigenvalue weighted by Crippen LogP contribution is 2.26. The van der Waals surface area contributed by atoms with Gasteiger partial charge in [-0.25, -0.2) is 0 Å². The lowest BCUT2D eigenvalue weighted by atomic mass is 9.95. The molecule has 0 spiro atoms. The van der Waals surface area contributed by atoms with Crippen molar-refractivity contribution in [2.75, 3.05) is 6.61 Å². The maximum Gasteiger partial charge on any atom is 0.180 e. The normalized spacial score (nSPS) is 34.8. The first-order chi connectivity index (χ1) is 8.63. The van der Waals surface area contributed by atoms with Crippen molar-refractivity contribution in [2.24, 2.45) is 0 Å². The number of rotatable bonds is 2. The lowest BCUT2D eigenvalue weighted by Gasteiger charge is -2.36. The SMILES string of the molecule is OC[C@H]1OC(O)C(=Cc2ccccc2)[C@@H](O)[C@@H]1O. The summed E-state index contributed by atoms with van der Waals surface area (Å²) in [4.78, 5) is 0. The van der Waals surface area contributed by atoms with E-state index in [2.05, 4.69) is 0 Å². The van der Waals surface area contributed by atoms with Crippen molar-refractivity contribution >= 4 is 6.08 Å². The molecular weight excluding hydrogens is 236 g/mol. The first-order valence-electron chi connectivity index (χ1n) is 5.70. The Labute approximate surface area is 105 Å². The van der Waals surface area contributed by atoms with Gasteiger partial charge >= 0.3 is 0 Å². The van der Waals surface area contributed by atoms with E-state index in [0.29, 0.717) is 0 Å². The Morgan fingerprint density at radius 3 is 2.39 bits per heavy atom. The van der Waals surface area contributed by atoms with Gasteiger partial charge in [0.05, 0.1) is 6.61 Å². The van der Waals surface area contributed by atoms with Crippen LogP contribution in [0.3, 0.4) is 0 Å². The zero-order chi connectivity index (χ0) is 13.1. The third-order valence-corrected chi connectivity index (χ3v) is 2.95. The molecule has 1 aromatic rings. The van der Waals surface area contributed by atoms with Gasteiger partial charge in [0.1, 0.15) is 18.3 Å². The van der Waals surface area contributed by atoms with Crippen LogP contribution in [0.2, 0.25) is 0 Å². The van der Waals surface area contributed by atoms with Gasteiger partial charge in [-0.05, 0) is 11.6 Å². The monoisotopic (exact) mass is 252 g/mol. The molecule has 18 heavy (non-hydrogen) atoms. The summed E-state index contributed by atoms with van der Waals surface area (Å²) in [7, 11) is 0. The van der Waals surface area contributed by atoms with Crippen molar-refractivity contribution in [3.63, 3.8) is 0 Å². The van der Waals surface area contributed by atoms with Gasteiger partial charge in [-0.3, -0.25) is 0 Å². The Morgan fingerprint density at radius 2 is 1.78 bits per heavy atom. The van der Waals surface area contributed by atoms with Gasteiger partial charge in [-0.1, -0.05) is 30.3 Å². The summed E-state index contributed by atoms with van der Waals surface area (Å²) in [5, 5.41) is 38.3. The van der Waals surface area contributed by atoms with Crippen LogP contribution in [-0.2, 0) is 4.74 Å².